The lowest BCUT2D eigenvalue weighted by molar-refractivity contribution is -0.131. The quantitative estimate of drug-likeness (QED) is 0.252. The zero-order chi connectivity index (χ0) is 23.1. The molecule has 2 heterocycles. The fourth-order valence-electron chi connectivity index (χ4n) is 8.15. The van der Waals surface area contributed by atoms with E-state index in [4.69, 9.17) is 14.5 Å². The van der Waals surface area contributed by atoms with E-state index in [-0.39, 0.29) is 23.1 Å². The average Bonchev–Trinajstić information content (AvgIpc) is 3.51. The van der Waals surface area contributed by atoms with Crippen LogP contribution in [0.2, 0.25) is 0 Å². The fraction of sp³-hybridized carbons (Fsp3) is 0.467. The van der Waals surface area contributed by atoms with Gasteiger partial charge in [-0.25, -0.2) is 4.98 Å². The van der Waals surface area contributed by atoms with Gasteiger partial charge >= 0.3 is 5.97 Å². The van der Waals surface area contributed by atoms with E-state index in [1.165, 1.54) is 49.1 Å². The maximum atomic E-state index is 11.4. The van der Waals surface area contributed by atoms with Crippen molar-refractivity contribution in [3.63, 3.8) is 0 Å². The molecule has 1 aliphatic heterocycles. The number of carbonyl (C=O) groups is 1. The molecule has 7 rings (SSSR count). The number of para-hydroxylation sites is 1. The largest absolute Gasteiger partial charge is 0.427 e. The van der Waals surface area contributed by atoms with E-state index in [0.717, 1.165) is 24.1 Å². The van der Waals surface area contributed by atoms with Crippen LogP contribution in [-0.2, 0) is 16.0 Å². The number of benzene rings is 2. The van der Waals surface area contributed by atoms with Crippen LogP contribution in [0.4, 0.5) is 0 Å². The third-order valence-electron chi connectivity index (χ3n) is 9.73. The van der Waals surface area contributed by atoms with Crippen LogP contribution in [0.3, 0.4) is 0 Å². The number of ether oxygens (including phenoxy) is 2. The van der Waals surface area contributed by atoms with Gasteiger partial charge in [-0.15, -0.1) is 0 Å². The first-order valence-electron chi connectivity index (χ1n) is 12.8. The predicted octanol–water partition coefficient (Wildman–Crippen LogP) is 6.53. The Hall–Kier alpha value is -2.72. The topological polar surface area (TPSA) is 51.7 Å². The minimum atomic E-state index is -0.252. The van der Waals surface area contributed by atoms with Crippen LogP contribution in [0.25, 0.3) is 10.9 Å². The third-order valence-corrected chi connectivity index (χ3v) is 9.73. The zero-order valence-electron chi connectivity index (χ0n) is 19.9. The van der Waals surface area contributed by atoms with Gasteiger partial charge in [0.05, 0.1) is 11.2 Å². The van der Waals surface area contributed by atoms with Crippen molar-refractivity contribution in [1.29, 1.82) is 0 Å². The van der Waals surface area contributed by atoms with Gasteiger partial charge in [0.25, 0.3) is 0 Å². The maximum absolute atomic E-state index is 11.4. The number of hydrogen-bond acceptors (Lipinski definition) is 4. The Morgan fingerprint density at radius 2 is 1.94 bits per heavy atom. The van der Waals surface area contributed by atoms with Gasteiger partial charge in [0.15, 0.2) is 0 Å². The maximum Gasteiger partial charge on any atom is 0.308 e. The molecule has 0 unspecified atom stereocenters. The summed E-state index contributed by atoms with van der Waals surface area (Å²) < 4.78 is 12.0. The van der Waals surface area contributed by atoms with Crippen LogP contribution in [0.5, 0.6) is 5.75 Å². The van der Waals surface area contributed by atoms with Crippen molar-refractivity contribution in [3.05, 3.63) is 71.4 Å². The van der Waals surface area contributed by atoms with Gasteiger partial charge in [0, 0.05) is 17.7 Å². The molecule has 3 fully saturated rings. The summed E-state index contributed by atoms with van der Waals surface area (Å²) in [5.41, 5.74) is 5.19. The molecule has 3 aliphatic carbocycles. The minimum Gasteiger partial charge on any atom is -0.427 e. The molecule has 174 valence electrons. The first-order chi connectivity index (χ1) is 16.5. The van der Waals surface area contributed by atoms with Gasteiger partial charge < -0.3 is 9.47 Å². The molecule has 34 heavy (non-hydrogen) atoms. The lowest BCUT2D eigenvalue weighted by atomic mass is 9.53. The summed E-state index contributed by atoms with van der Waals surface area (Å²) in [6.45, 7) is 3.98. The molecule has 1 aromatic heterocycles. The molecular weight excluding hydrogens is 422 g/mol. The second-order valence-electron chi connectivity index (χ2n) is 11.2. The monoisotopic (exact) mass is 453 g/mol. The van der Waals surface area contributed by atoms with Crippen LogP contribution in [0, 0.1) is 17.3 Å². The van der Waals surface area contributed by atoms with E-state index in [0.29, 0.717) is 23.5 Å². The third kappa shape index (κ3) is 2.81. The summed E-state index contributed by atoms with van der Waals surface area (Å²) in [7, 11) is 0. The number of aromatic nitrogens is 1. The average molecular weight is 454 g/mol. The second-order valence-corrected chi connectivity index (χ2v) is 11.2. The summed E-state index contributed by atoms with van der Waals surface area (Å²) >= 11 is 0. The van der Waals surface area contributed by atoms with Crippen LogP contribution < -0.4 is 4.74 Å². The van der Waals surface area contributed by atoms with Crippen molar-refractivity contribution >= 4 is 16.9 Å². The SMILES string of the molecule is CC(=O)Oc1ccc2c(c1)CC[C@@H]1[C@@H]2CC[C@@]2(C)[C@H]1CC[C@]21O[C@@H]1c1ccc2ccccc2n1. The highest BCUT2D eigenvalue weighted by Gasteiger charge is 2.74. The highest BCUT2D eigenvalue weighted by Crippen LogP contribution is 2.74. The summed E-state index contributed by atoms with van der Waals surface area (Å²) in [6, 6.07) is 19.0. The van der Waals surface area contributed by atoms with Crippen molar-refractivity contribution < 1.29 is 14.3 Å². The number of hydrogen-bond donors (Lipinski definition) is 0. The fourth-order valence-corrected chi connectivity index (χ4v) is 8.15. The molecule has 2 aromatic carbocycles. The van der Waals surface area contributed by atoms with E-state index in [9.17, 15) is 4.79 Å². The molecule has 6 atom stereocenters. The van der Waals surface area contributed by atoms with E-state index in [1.807, 2.05) is 6.07 Å². The van der Waals surface area contributed by atoms with Crippen LogP contribution in [0.15, 0.2) is 54.6 Å². The van der Waals surface area contributed by atoms with Crippen molar-refractivity contribution in [1.82, 2.24) is 4.98 Å². The second kappa shape index (κ2) is 7.14. The van der Waals surface area contributed by atoms with Crippen molar-refractivity contribution in [2.24, 2.45) is 17.3 Å². The Morgan fingerprint density at radius 1 is 1.06 bits per heavy atom. The summed E-state index contributed by atoms with van der Waals surface area (Å²) in [5, 5.41) is 1.19. The zero-order valence-corrected chi connectivity index (χ0v) is 19.9. The van der Waals surface area contributed by atoms with Crippen molar-refractivity contribution in [3.8, 4) is 5.75 Å². The summed E-state index contributed by atoms with van der Waals surface area (Å²) in [5.74, 6) is 2.44. The number of rotatable bonds is 2. The summed E-state index contributed by atoms with van der Waals surface area (Å²) in [6.07, 6.45) is 7.23. The number of epoxide rings is 1. The van der Waals surface area contributed by atoms with Crippen LogP contribution in [0.1, 0.15) is 74.8 Å². The van der Waals surface area contributed by atoms with Crippen LogP contribution >= 0.6 is 0 Å². The van der Waals surface area contributed by atoms with Crippen molar-refractivity contribution in [2.45, 2.75) is 70.0 Å². The Labute approximate surface area is 200 Å². The molecule has 1 spiro atoms. The normalized spacial score (nSPS) is 35.5. The first-order valence-corrected chi connectivity index (χ1v) is 12.8. The molecule has 0 amide bonds. The number of fused-ring (bicyclic) bond motifs is 7. The lowest BCUT2D eigenvalue weighted by Crippen LogP contribution is -2.45. The predicted molar refractivity (Wildman–Crippen MR) is 131 cm³/mol. The van der Waals surface area contributed by atoms with E-state index < -0.39 is 0 Å². The van der Waals surface area contributed by atoms with Gasteiger partial charge in [0.1, 0.15) is 17.5 Å². The van der Waals surface area contributed by atoms with E-state index in [2.05, 4.69) is 55.5 Å². The lowest BCUT2D eigenvalue weighted by Gasteiger charge is -2.50. The van der Waals surface area contributed by atoms with Crippen molar-refractivity contribution in [2.75, 3.05) is 0 Å². The molecule has 0 radical (unpaired) electrons. The molecule has 2 saturated carbocycles. The number of pyridine rings is 1. The van der Waals surface area contributed by atoms with E-state index in [1.54, 1.807) is 0 Å². The molecular formula is C30H31NO3. The molecule has 4 aliphatic rings. The van der Waals surface area contributed by atoms with Gasteiger partial charge in [-0.1, -0.05) is 37.3 Å². The highest BCUT2D eigenvalue weighted by atomic mass is 16.6. The molecule has 0 N–H and O–H groups in total. The van der Waals surface area contributed by atoms with Gasteiger partial charge in [-0.05, 0) is 91.7 Å². The number of carbonyl (C=O) groups excluding carboxylic acids is 1. The number of aryl methyl sites for hydroxylation is 1. The van der Waals surface area contributed by atoms with Gasteiger partial charge in [0.2, 0.25) is 0 Å². The summed E-state index contributed by atoms with van der Waals surface area (Å²) in [4.78, 5) is 16.4. The van der Waals surface area contributed by atoms with Gasteiger partial charge in [-0.3, -0.25) is 4.79 Å². The minimum absolute atomic E-state index is 0.0441. The highest BCUT2D eigenvalue weighted by molar-refractivity contribution is 5.78. The van der Waals surface area contributed by atoms with Crippen LogP contribution in [-0.4, -0.2) is 16.6 Å². The molecule has 1 saturated heterocycles. The standard InChI is InChI=1S/C30H31NO3/c1-18(32)33-21-9-11-22-20(17-21)7-10-24-23(22)13-15-29(2)25(24)14-16-30(29)28(34-30)27-12-8-19-5-3-4-6-26(19)31-27/h3-6,8-9,11-12,17,23-25,28H,7,10,13-16H2,1-2H3/t23-,24-,25+,28-,29+,30-/m1/s1. The number of esters is 1. The van der Waals surface area contributed by atoms with Gasteiger partial charge in [-0.2, -0.15) is 0 Å². The van der Waals surface area contributed by atoms with E-state index >= 15 is 0 Å². The molecule has 3 aromatic rings. The molecule has 4 nitrogen and oxygen atoms in total. The number of nitrogens with zero attached hydrogens (tertiary/aromatic N) is 1. The Kier molecular flexibility index (Phi) is 4.34. The Morgan fingerprint density at radius 3 is 2.82 bits per heavy atom. The first kappa shape index (κ1) is 20.6. The molecule has 0 bridgehead atoms. The Bertz CT molecular complexity index is 1320. The smallest absolute Gasteiger partial charge is 0.308 e. The molecule has 4 heteroatoms. The Balaban J connectivity index is 1.17.